The number of rotatable bonds is 4. The number of nitro benzene ring substituents is 1. The van der Waals surface area contributed by atoms with E-state index < -0.39 is 0 Å². The Morgan fingerprint density at radius 2 is 2.12 bits per heavy atom. The molecule has 1 aromatic carbocycles. The highest BCUT2D eigenvalue weighted by Gasteiger charge is 2.25. The van der Waals surface area contributed by atoms with E-state index in [2.05, 4.69) is 22.9 Å². The zero-order valence-corrected chi connectivity index (χ0v) is 11.3. The van der Waals surface area contributed by atoms with Crippen molar-refractivity contribution in [3.8, 4) is 0 Å². The normalized spacial score (nSPS) is 14.5. The highest BCUT2D eigenvalue weighted by molar-refractivity contribution is 9.09. The average Bonchev–Trinajstić information content (AvgIpc) is 2.20. The predicted molar refractivity (Wildman–Crippen MR) is 69.3 cm³/mol. The number of benzene rings is 1. The molecule has 0 aliphatic carbocycles. The van der Waals surface area contributed by atoms with Gasteiger partial charge in [-0.25, -0.2) is 0 Å². The van der Waals surface area contributed by atoms with Gasteiger partial charge in [0.1, 0.15) is 0 Å². The van der Waals surface area contributed by atoms with E-state index in [4.69, 9.17) is 0 Å². The summed E-state index contributed by atoms with van der Waals surface area (Å²) in [5, 5.41) is 11.0. The average molecular weight is 286 g/mol. The van der Waals surface area contributed by atoms with Crippen molar-refractivity contribution >= 4 is 21.6 Å². The Kier molecular flexibility index (Phi) is 4.47. The lowest BCUT2D eigenvalue weighted by Gasteiger charge is -2.20. The summed E-state index contributed by atoms with van der Waals surface area (Å²) in [6, 6.07) is 5.25. The monoisotopic (exact) mass is 285 g/mol. The summed E-state index contributed by atoms with van der Waals surface area (Å²) in [6.45, 7) is 6.02. The van der Waals surface area contributed by atoms with Crippen molar-refractivity contribution < 1.29 is 4.92 Å². The van der Waals surface area contributed by atoms with Crippen LogP contribution in [0.3, 0.4) is 0 Å². The molecule has 0 N–H and O–H groups in total. The van der Waals surface area contributed by atoms with Gasteiger partial charge in [0.25, 0.3) is 5.69 Å². The number of hydrogen-bond acceptors (Lipinski definition) is 2. The fourth-order valence-corrected chi connectivity index (χ4v) is 2.70. The lowest BCUT2D eigenvalue weighted by atomic mass is 9.89. The van der Waals surface area contributed by atoms with Gasteiger partial charge in [-0.05, 0) is 18.9 Å². The first kappa shape index (κ1) is 13.2. The molecule has 0 bridgehead atoms. The van der Waals surface area contributed by atoms with Crippen LogP contribution in [0.5, 0.6) is 0 Å². The molecular weight excluding hydrogens is 270 g/mol. The highest BCUT2D eigenvalue weighted by atomic mass is 79.9. The molecule has 88 valence electrons. The Hall–Kier alpha value is -0.900. The van der Waals surface area contributed by atoms with Gasteiger partial charge in [-0.15, -0.1) is 0 Å². The fourth-order valence-electron chi connectivity index (χ4n) is 2.07. The maximum atomic E-state index is 11.0. The van der Waals surface area contributed by atoms with Gasteiger partial charge in [0.15, 0.2) is 0 Å². The number of alkyl halides is 1. The number of aryl methyl sites for hydroxylation is 1. The van der Waals surface area contributed by atoms with Gasteiger partial charge in [0.2, 0.25) is 0 Å². The van der Waals surface area contributed by atoms with Gasteiger partial charge in [-0.1, -0.05) is 41.9 Å². The molecule has 3 nitrogen and oxygen atoms in total. The summed E-state index contributed by atoms with van der Waals surface area (Å²) in [4.78, 5) is 10.9. The van der Waals surface area contributed by atoms with Crippen molar-refractivity contribution in [2.75, 3.05) is 0 Å². The quantitative estimate of drug-likeness (QED) is 0.473. The van der Waals surface area contributed by atoms with E-state index in [1.807, 2.05) is 19.9 Å². The minimum absolute atomic E-state index is 0.182. The van der Waals surface area contributed by atoms with Gasteiger partial charge in [0, 0.05) is 22.4 Å². The maximum absolute atomic E-state index is 11.0. The molecular formula is C12H16BrNO2. The van der Waals surface area contributed by atoms with E-state index in [9.17, 15) is 10.1 Å². The van der Waals surface area contributed by atoms with Gasteiger partial charge >= 0.3 is 0 Å². The molecule has 16 heavy (non-hydrogen) atoms. The topological polar surface area (TPSA) is 43.1 Å². The van der Waals surface area contributed by atoms with Crippen LogP contribution in [0.15, 0.2) is 18.2 Å². The minimum Gasteiger partial charge on any atom is -0.258 e. The van der Waals surface area contributed by atoms with Crippen molar-refractivity contribution in [3.63, 3.8) is 0 Å². The summed E-state index contributed by atoms with van der Waals surface area (Å²) in [7, 11) is 0. The van der Waals surface area contributed by atoms with Crippen LogP contribution in [0.1, 0.15) is 37.3 Å². The Balaban J connectivity index is 3.34. The fraction of sp³-hybridized carbons (Fsp3) is 0.500. The third kappa shape index (κ3) is 2.61. The summed E-state index contributed by atoms with van der Waals surface area (Å²) in [6.07, 6.45) is 0.887. The lowest BCUT2D eigenvalue weighted by molar-refractivity contribution is -0.385. The summed E-state index contributed by atoms with van der Waals surface area (Å²) >= 11 is 3.53. The van der Waals surface area contributed by atoms with Gasteiger partial charge in [-0.2, -0.15) is 0 Å². The zero-order valence-electron chi connectivity index (χ0n) is 9.74. The molecule has 0 aliphatic heterocycles. The Labute approximate surface area is 104 Å². The number of nitro groups is 1. The smallest absolute Gasteiger partial charge is 0.258 e. The van der Waals surface area contributed by atoms with Crippen LogP contribution in [0.2, 0.25) is 0 Å². The first-order chi connectivity index (χ1) is 7.49. The second kappa shape index (κ2) is 5.43. The Bertz CT molecular complexity index is 391. The first-order valence-corrected chi connectivity index (χ1v) is 6.28. The number of nitrogens with zero attached hydrogens (tertiary/aromatic N) is 1. The molecule has 0 fully saturated rings. The molecule has 0 heterocycles. The first-order valence-electron chi connectivity index (χ1n) is 5.37. The van der Waals surface area contributed by atoms with Crippen LogP contribution in [-0.2, 0) is 0 Å². The molecule has 1 rings (SSSR count). The van der Waals surface area contributed by atoms with Crippen LogP contribution in [0, 0.1) is 17.0 Å². The standard InChI is InChI=1S/C12H16BrNO2/c1-4-10(9(3)13)12-8(2)6-5-7-11(12)14(15)16/h5-7,9-10H,4H2,1-3H3. The van der Waals surface area contributed by atoms with E-state index in [1.165, 1.54) is 0 Å². The summed E-state index contributed by atoms with van der Waals surface area (Å²) < 4.78 is 0. The van der Waals surface area contributed by atoms with Crippen molar-refractivity contribution in [1.29, 1.82) is 0 Å². The zero-order chi connectivity index (χ0) is 12.3. The molecule has 0 aromatic heterocycles. The van der Waals surface area contributed by atoms with Crippen LogP contribution in [0.25, 0.3) is 0 Å². The summed E-state index contributed by atoms with van der Waals surface area (Å²) in [5.74, 6) is 0.182. The van der Waals surface area contributed by atoms with Crippen LogP contribution >= 0.6 is 15.9 Å². The second-order valence-electron chi connectivity index (χ2n) is 3.96. The summed E-state index contributed by atoms with van der Waals surface area (Å²) in [5.41, 5.74) is 2.09. The van der Waals surface area contributed by atoms with Crippen molar-refractivity contribution in [3.05, 3.63) is 39.4 Å². The molecule has 2 atom stereocenters. The maximum Gasteiger partial charge on any atom is 0.273 e. The van der Waals surface area contributed by atoms with Crippen LogP contribution < -0.4 is 0 Å². The van der Waals surface area contributed by atoms with Gasteiger partial charge < -0.3 is 0 Å². The van der Waals surface area contributed by atoms with E-state index >= 15 is 0 Å². The largest absolute Gasteiger partial charge is 0.273 e. The van der Waals surface area contributed by atoms with E-state index in [-0.39, 0.29) is 21.4 Å². The molecule has 2 unspecified atom stereocenters. The van der Waals surface area contributed by atoms with Crippen LogP contribution in [-0.4, -0.2) is 9.75 Å². The number of halogens is 1. The van der Waals surface area contributed by atoms with Crippen LogP contribution in [0.4, 0.5) is 5.69 Å². The third-order valence-corrected chi connectivity index (χ3v) is 3.50. The molecule has 0 radical (unpaired) electrons. The van der Waals surface area contributed by atoms with Gasteiger partial charge in [-0.3, -0.25) is 10.1 Å². The van der Waals surface area contributed by atoms with Crippen molar-refractivity contribution in [1.82, 2.24) is 0 Å². The second-order valence-corrected chi connectivity index (χ2v) is 5.40. The predicted octanol–water partition coefficient (Wildman–Crippen LogP) is 4.18. The van der Waals surface area contributed by atoms with E-state index in [0.717, 1.165) is 17.5 Å². The molecule has 0 aliphatic rings. The van der Waals surface area contributed by atoms with E-state index in [0.29, 0.717) is 0 Å². The minimum atomic E-state index is -0.291. The molecule has 0 spiro atoms. The van der Waals surface area contributed by atoms with Crippen molar-refractivity contribution in [2.45, 2.75) is 37.9 Å². The molecule has 0 amide bonds. The lowest BCUT2D eigenvalue weighted by Crippen LogP contribution is -2.12. The highest BCUT2D eigenvalue weighted by Crippen LogP contribution is 2.36. The van der Waals surface area contributed by atoms with Gasteiger partial charge in [0.05, 0.1) is 4.92 Å². The van der Waals surface area contributed by atoms with Crippen molar-refractivity contribution in [2.24, 2.45) is 0 Å². The molecule has 1 aromatic rings. The molecule has 0 saturated heterocycles. The Morgan fingerprint density at radius 1 is 1.50 bits per heavy atom. The SMILES string of the molecule is CCC(c1c(C)cccc1[N+](=O)[O-])C(C)Br. The third-order valence-electron chi connectivity index (χ3n) is 2.86. The Morgan fingerprint density at radius 3 is 2.56 bits per heavy atom. The number of hydrogen-bond donors (Lipinski definition) is 0. The molecule has 0 saturated carbocycles. The van der Waals surface area contributed by atoms with E-state index in [1.54, 1.807) is 12.1 Å². The molecule has 4 heteroatoms.